The average molecular weight is 323 g/mol. The second-order valence-corrected chi connectivity index (χ2v) is 6.50. The first kappa shape index (κ1) is 16.7. The molecule has 0 unspecified atom stereocenters. The molecule has 2 heterocycles. The first-order valence-electron chi connectivity index (χ1n) is 8.67. The predicted molar refractivity (Wildman–Crippen MR) is 95.3 cm³/mol. The van der Waals surface area contributed by atoms with Crippen molar-refractivity contribution < 1.29 is 0 Å². The normalized spacial score (nSPS) is 16.2. The van der Waals surface area contributed by atoms with E-state index in [4.69, 9.17) is 10.4 Å². The lowest BCUT2D eigenvalue weighted by atomic mass is 10.0. The second kappa shape index (κ2) is 8.09. The Hall–Kier alpha value is -2.16. The Kier molecular flexibility index (Phi) is 5.63. The summed E-state index contributed by atoms with van der Waals surface area (Å²) in [6.45, 7) is 3.78. The van der Waals surface area contributed by atoms with Crippen LogP contribution in [0.5, 0.6) is 0 Å². The van der Waals surface area contributed by atoms with Gasteiger partial charge in [0.15, 0.2) is 0 Å². The maximum absolute atomic E-state index is 8.81. The van der Waals surface area contributed by atoms with Gasteiger partial charge in [-0.05, 0) is 33.0 Å². The molecule has 1 fully saturated rings. The first-order valence-corrected chi connectivity index (χ1v) is 8.67. The summed E-state index contributed by atoms with van der Waals surface area (Å²) >= 11 is 0. The lowest BCUT2D eigenvalue weighted by Gasteiger charge is -2.29. The Morgan fingerprint density at radius 1 is 1.25 bits per heavy atom. The molecule has 0 radical (unpaired) electrons. The number of nitriles is 1. The molecule has 0 atom stereocenters. The van der Waals surface area contributed by atoms with Crippen LogP contribution in [0, 0.1) is 11.3 Å². The number of rotatable bonds is 6. The number of piperidine rings is 1. The van der Waals surface area contributed by atoms with Crippen LogP contribution in [-0.4, -0.2) is 40.9 Å². The number of nitrogens with one attached hydrogen (secondary N) is 1. The zero-order valence-corrected chi connectivity index (χ0v) is 14.3. The Balaban J connectivity index is 1.72. The van der Waals surface area contributed by atoms with Crippen LogP contribution in [0.4, 0.5) is 0 Å². The highest BCUT2D eigenvalue weighted by atomic mass is 15.3. The molecule has 1 aliphatic rings. The monoisotopic (exact) mass is 323 g/mol. The van der Waals surface area contributed by atoms with Crippen molar-refractivity contribution >= 4 is 0 Å². The van der Waals surface area contributed by atoms with Crippen LogP contribution in [0.3, 0.4) is 0 Å². The maximum Gasteiger partial charge on any atom is 0.0968 e. The summed E-state index contributed by atoms with van der Waals surface area (Å²) in [5.41, 5.74) is 3.36. The van der Waals surface area contributed by atoms with Gasteiger partial charge < -0.3 is 10.2 Å². The smallest absolute Gasteiger partial charge is 0.0968 e. The van der Waals surface area contributed by atoms with Gasteiger partial charge in [0.05, 0.1) is 24.7 Å². The second-order valence-electron chi connectivity index (χ2n) is 6.50. The van der Waals surface area contributed by atoms with Gasteiger partial charge in [-0.15, -0.1) is 0 Å². The van der Waals surface area contributed by atoms with Gasteiger partial charge >= 0.3 is 0 Å². The molecule has 0 spiro atoms. The lowest BCUT2D eigenvalue weighted by Crippen LogP contribution is -2.40. The third-order valence-corrected chi connectivity index (χ3v) is 4.64. The number of benzene rings is 1. The van der Waals surface area contributed by atoms with Crippen molar-refractivity contribution in [2.75, 3.05) is 20.1 Å². The van der Waals surface area contributed by atoms with Crippen molar-refractivity contribution in [1.29, 1.82) is 5.26 Å². The van der Waals surface area contributed by atoms with Crippen LogP contribution in [-0.2, 0) is 13.1 Å². The largest absolute Gasteiger partial charge is 0.310 e. The van der Waals surface area contributed by atoms with Crippen LogP contribution < -0.4 is 5.32 Å². The molecule has 0 amide bonds. The maximum atomic E-state index is 8.81. The number of likely N-dealkylation sites (tertiary alicyclic amines) is 1. The molecule has 1 aromatic heterocycles. The molecule has 0 saturated carbocycles. The van der Waals surface area contributed by atoms with Crippen molar-refractivity contribution in [2.45, 2.75) is 38.4 Å². The lowest BCUT2D eigenvalue weighted by molar-refractivity contribution is 0.234. The summed E-state index contributed by atoms with van der Waals surface area (Å²) in [6, 6.07) is 13.1. The van der Waals surface area contributed by atoms with Crippen LogP contribution in [0.25, 0.3) is 11.3 Å². The van der Waals surface area contributed by atoms with Crippen molar-refractivity contribution in [1.82, 2.24) is 20.0 Å². The van der Waals surface area contributed by atoms with Crippen molar-refractivity contribution in [3.05, 3.63) is 42.1 Å². The van der Waals surface area contributed by atoms with Crippen LogP contribution >= 0.6 is 0 Å². The summed E-state index contributed by atoms with van der Waals surface area (Å²) in [5, 5.41) is 17.2. The summed E-state index contributed by atoms with van der Waals surface area (Å²) in [7, 11) is 2.18. The summed E-state index contributed by atoms with van der Waals surface area (Å²) in [5.74, 6) is 0. The van der Waals surface area contributed by atoms with E-state index < -0.39 is 0 Å². The molecule has 5 nitrogen and oxygen atoms in total. The zero-order chi connectivity index (χ0) is 16.8. The van der Waals surface area contributed by atoms with Gasteiger partial charge in [0.2, 0.25) is 0 Å². The van der Waals surface area contributed by atoms with E-state index in [1.807, 2.05) is 22.9 Å². The number of aryl methyl sites for hydroxylation is 1. The number of hydrogen-bond donors (Lipinski definition) is 1. The number of aromatic nitrogens is 2. The van der Waals surface area contributed by atoms with Crippen molar-refractivity contribution in [3.8, 4) is 17.3 Å². The minimum atomic E-state index is 0.484. The molecule has 5 heteroatoms. The first-order chi connectivity index (χ1) is 11.8. The highest BCUT2D eigenvalue weighted by molar-refractivity contribution is 5.62. The summed E-state index contributed by atoms with van der Waals surface area (Å²) in [6.07, 6.45) is 4.96. The molecule has 0 aliphatic carbocycles. The van der Waals surface area contributed by atoms with Gasteiger partial charge in [0.25, 0.3) is 0 Å². The fraction of sp³-hybridized carbons (Fsp3) is 0.474. The SMILES string of the molecule is CN1CCC(NCc2cn(CCC#N)nc2-c2ccccc2)CC1. The van der Waals surface area contributed by atoms with Gasteiger partial charge in [0.1, 0.15) is 0 Å². The van der Waals surface area contributed by atoms with Gasteiger partial charge in [-0.25, -0.2) is 0 Å². The van der Waals surface area contributed by atoms with Crippen LogP contribution in [0.2, 0.25) is 0 Å². The predicted octanol–water partition coefficient (Wildman–Crippen LogP) is 2.65. The number of nitrogens with zero attached hydrogens (tertiary/aromatic N) is 4. The van der Waals surface area contributed by atoms with E-state index >= 15 is 0 Å². The Bertz CT molecular complexity index is 678. The van der Waals surface area contributed by atoms with Gasteiger partial charge in [-0.2, -0.15) is 10.4 Å². The number of hydrogen-bond acceptors (Lipinski definition) is 4. The summed E-state index contributed by atoms with van der Waals surface area (Å²) in [4.78, 5) is 2.38. The van der Waals surface area contributed by atoms with Gasteiger partial charge in [-0.1, -0.05) is 30.3 Å². The van der Waals surface area contributed by atoms with Crippen LogP contribution in [0.1, 0.15) is 24.8 Å². The van der Waals surface area contributed by atoms with Gasteiger partial charge in [-0.3, -0.25) is 4.68 Å². The average Bonchev–Trinajstić information content (AvgIpc) is 3.03. The van der Waals surface area contributed by atoms with E-state index in [0.29, 0.717) is 19.0 Å². The quantitative estimate of drug-likeness (QED) is 0.888. The van der Waals surface area contributed by atoms with E-state index in [-0.39, 0.29) is 0 Å². The topological polar surface area (TPSA) is 56.9 Å². The Morgan fingerprint density at radius 3 is 2.71 bits per heavy atom. The molecule has 126 valence electrons. The van der Waals surface area contributed by atoms with Crippen molar-refractivity contribution in [2.24, 2.45) is 0 Å². The highest BCUT2D eigenvalue weighted by Gasteiger charge is 2.17. The molecule has 0 bridgehead atoms. The molecule has 2 aromatic rings. The molecule has 1 N–H and O–H groups in total. The van der Waals surface area contributed by atoms with Crippen LogP contribution in [0.15, 0.2) is 36.5 Å². The molecule has 24 heavy (non-hydrogen) atoms. The van der Waals surface area contributed by atoms with Crippen molar-refractivity contribution in [3.63, 3.8) is 0 Å². The molecular weight excluding hydrogens is 298 g/mol. The highest BCUT2D eigenvalue weighted by Crippen LogP contribution is 2.22. The van der Waals surface area contributed by atoms with Gasteiger partial charge in [0, 0.05) is 29.9 Å². The fourth-order valence-corrected chi connectivity index (χ4v) is 3.18. The summed E-state index contributed by atoms with van der Waals surface area (Å²) < 4.78 is 1.90. The van der Waals surface area contributed by atoms with E-state index in [1.54, 1.807) is 0 Å². The minimum absolute atomic E-state index is 0.484. The Morgan fingerprint density at radius 2 is 2.00 bits per heavy atom. The molecule has 1 aliphatic heterocycles. The molecule has 1 aromatic carbocycles. The fourth-order valence-electron chi connectivity index (χ4n) is 3.18. The minimum Gasteiger partial charge on any atom is -0.310 e. The standard InChI is InChI=1S/C19H25N5/c1-23-12-8-18(9-13-23)21-14-17-15-24(11-5-10-20)22-19(17)16-6-3-2-4-7-16/h2-4,6-7,15,18,21H,5,8-9,11-14H2,1H3. The third-order valence-electron chi connectivity index (χ3n) is 4.64. The third kappa shape index (κ3) is 4.22. The zero-order valence-electron chi connectivity index (χ0n) is 14.3. The molecular formula is C19H25N5. The van der Waals surface area contributed by atoms with E-state index in [0.717, 1.165) is 30.9 Å². The molecule has 3 rings (SSSR count). The van der Waals surface area contributed by atoms with E-state index in [9.17, 15) is 0 Å². The van der Waals surface area contributed by atoms with E-state index in [2.05, 4.69) is 41.7 Å². The Labute approximate surface area is 143 Å². The molecule has 1 saturated heterocycles. The van der Waals surface area contributed by atoms with E-state index in [1.165, 1.54) is 18.4 Å².